The summed E-state index contributed by atoms with van der Waals surface area (Å²) in [6.07, 6.45) is -6.35. The molecular weight excluding hydrogens is 421 g/mol. The van der Waals surface area contributed by atoms with Crippen molar-refractivity contribution in [2.45, 2.75) is 64.5 Å². The van der Waals surface area contributed by atoms with Gasteiger partial charge in [-0.1, -0.05) is 36.4 Å². The molecular formula is C24H31F3N2O3. The lowest BCUT2D eigenvalue weighted by Crippen LogP contribution is -2.58. The van der Waals surface area contributed by atoms with Gasteiger partial charge in [-0.3, -0.25) is 4.90 Å². The summed E-state index contributed by atoms with van der Waals surface area (Å²) in [7, 11) is 0. The van der Waals surface area contributed by atoms with E-state index < -0.39 is 35.5 Å². The molecule has 2 aromatic rings. The van der Waals surface area contributed by atoms with Gasteiger partial charge < -0.3 is 15.5 Å². The van der Waals surface area contributed by atoms with E-state index >= 15 is 0 Å². The zero-order chi connectivity index (χ0) is 24.1. The van der Waals surface area contributed by atoms with Gasteiger partial charge in [0.1, 0.15) is 0 Å². The van der Waals surface area contributed by atoms with Crippen LogP contribution in [0.4, 0.5) is 18.0 Å². The number of carbonyl (C=O) groups is 1. The molecule has 5 nitrogen and oxygen atoms in total. The number of aliphatic hydroxyl groups is 1. The Balaban J connectivity index is 2.18. The molecule has 0 radical (unpaired) electrons. The summed E-state index contributed by atoms with van der Waals surface area (Å²) in [6, 6.07) is 12.1. The van der Waals surface area contributed by atoms with Gasteiger partial charge in [0.15, 0.2) is 0 Å². The average Bonchev–Trinajstić information content (AvgIpc) is 2.67. The number of nitrogens with one attached hydrogen (secondary N) is 1. The zero-order valence-corrected chi connectivity index (χ0v) is 18.8. The summed E-state index contributed by atoms with van der Waals surface area (Å²) in [5.74, 6) is 0. The third kappa shape index (κ3) is 6.97. The van der Waals surface area contributed by atoms with Crippen LogP contribution in [0, 0.1) is 6.92 Å². The van der Waals surface area contributed by atoms with Crippen LogP contribution in [0.15, 0.2) is 48.5 Å². The van der Waals surface area contributed by atoms with Gasteiger partial charge in [0.25, 0.3) is 0 Å². The normalized spacial score (nSPS) is 14.1. The van der Waals surface area contributed by atoms with Gasteiger partial charge in [-0.15, -0.1) is 0 Å². The van der Waals surface area contributed by atoms with Crippen molar-refractivity contribution < 1.29 is 28.2 Å². The Hall–Kier alpha value is -2.58. The van der Waals surface area contributed by atoms with Crippen molar-refractivity contribution >= 4 is 6.09 Å². The summed E-state index contributed by atoms with van der Waals surface area (Å²) >= 11 is 0. The van der Waals surface area contributed by atoms with Gasteiger partial charge >= 0.3 is 12.3 Å². The lowest BCUT2D eigenvalue weighted by molar-refractivity contribution is -0.137. The topological polar surface area (TPSA) is 72.8 Å². The lowest BCUT2D eigenvalue weighted by atomic mass is 9.94. The van der Waals surface area contributed by atoms with E-state index in [0.717, 1.165) is 17.7 Å². The minimum Gasteiger partial charge on any atom is -0.465 e. The van der Waals surface area contributed by atoms with Crippen LogP contribution in [0.5, 0.6) is 0 Å². The van der Waals surface area contributed by atoms with E-state index in [1.165, 1.54) is 11.0 Å². The average molecular weight is 453 g/mol. The fraction of sp³-hybridized carbons (Fsp3) is 0.458. The van der Waals surface area contributed by atoms with E-state index in [-0.39, 0.29) is 13.1 Å². The first-order valence-corrected chi connectivity index (χ1v) is 10.4. The van der Waals surface area contributed by atoms with Crippen molar-refractivity contribution in [3.8, 4) is 0 Å². The molecule has 176 valence electrons. The number of aryl methyl sites for hydroxylation is 1. The predicted molar refractivity (Wildman–Crippen MR) is 117 cm³/mol. The molecule has 3 N–H and O–H groups in total. The summed E-state index contributed by atoms with van der Waals surface area (Å²) in [5, 5.41) is 23.8. The van der Waals surface area contributed by atoms with Crippen molar-refractivity contribution in [3.63, 3.8) is 0 Å². The van der Waals surface area contributed by atoms with Crippen LogP contribution in [-0.2, 0) is 19.1 Å². The van der Waals surface area contributed by atoms with Gasteiger partial charge in [-0.25, -0.2) is 4.79 Å². The fourth-order valence-electron chi connectivity index (χ4n) is 3.71. The quantitative estimate of drug-likeness (QED) is 0.535. The first kappa shape index (κ1) is 25.7. The number of hydrogen-bond acceptors (Lipinski definition) is 3. The number of halogens is 3. The molecule has 0 saturated carbocycles. The van der Waals surface area contributed by atoms with Crippen LogP contribution in [-0.4, -0.2) is 45.4 Å². The maximum atomic E-state index is 13.0. The number of nitrogens with zero attached hydrogens (tertiary/aromatic N) is 1. The second kappa shape index (κ2) is 10.4. The number of rotatable bonds is 8. The van der Waals surface area contributed by atoms with Crippen molar-refractivity contribution in [1.82, 2.24) is 10.2 Å². The minimum absolute atomic E-state index is 0.0209. The molecule has 0 aliphatic carbocycles. The number of aliphatic hydroxyl groups excluding tert-OH is 1. The van der Waals surface area contributed by atoms with E-state index in [1.54, 1.807) is 27.7 Å². The monoisotopic (exact) mass is 452 g/mol. The Labute approximate surface area is 186 Å². The third-order valence-corrected chi connectivity index (χ3v) is 5.34. The van der Waals surface area contributed by atoms with Crippen LogP contribution in [0.3, 0.4) is 0 Å². The molecule has 2 rings (SSSR count). The van der Waals surface area contributed by atoms with Gasteiger partial charge in [-0.2, -0.15) is 13.2 Å². The Morgan fingerprint density at radius 1 is 1.09 bits per heavy atom. The van der Waals surface area contributed by atoms with Gasteiger partial charge in [0.2, 0.25) is 0 Å². The van der Waals surface area contributed by atoms with Crippen LogP contribution < -0.4 is 5.32 Å². The van der Waals surface area contributed by atoms with Gasteiger partial charge in [0, 0.05) is 18.6 Å². The fourth-order valence-corrected chi connectivity index (χ4v) is 3.71. The maximum Gasteiger partial charge on any atom is 0.416 e. The van der Waals surface area contributed by atoms with E-state index in [0.29, 0.717) is 17.5 Å². The van der Waals surface area contributed by atoms with Crippen LogP contribution >= 0.6 is 0 Å². The highest BCUT2D eigenvalue weighted by atomic mass is 19.4. The van der Waals surface area contributed by atoms with Gasteiger partial charge in [0.05, 0.1) is 17.7 Å². The molecule has 0 aromatic heterocycles. The Bertz CT molecular complexity index is 896. The van der Waals surface area contributed by atoms with Crippen molar-refractivity contribution in [3.05, 3.63) is 70.8 Å². The van der Waals surface area contributed by atoms with E-state index in [9.17, 15) is 28.2 Å². The second-order valence-electron chi connectivity index (χ2n) is 8.92. The molecule has 0 aliphatic heterocycles. The van der Waals surface area contributed by atoms with Crippen LogP contribution in [0.1, 0.15) is 43.0 Å². The maximum absolute atomic E-state index is 13.0. The molecule has 1 amide bonds. The molecule has 0 aliphatic rings. The molecule has 2 aromatic carbocycles. The van der Waals surface area contributed by atoms with Gasteiger partial charge in [-0.05, 0) is 62.9 Å². The SMILES string of the molecule is Cc1ccc(C(F)(F)F)cc1CNC[C@@H](O)[C@H](Cc1ccccc1)N(C(=O)O)C(C)(C)C. The molecule has 0 spiro atoms. The number of amides is 1. The Morgan fingerprint density at radius 3 is 2.25 bits per heavy atom. The Morgan fingerprint density at radius 2 is 1.72 bits per heavy atom. The molecule has 8 heteroatoms. The van der Waals surface area contributed by atoms with Crippen molar-refractivity contribution in [1.29, 1.82) is 0 Å². The summed E-state index contributed by atoms with van der Waals surface area (Å²) < 4.78 is 39.1. The lowest BCUT2D eigenvalue weighted by Gasteiger charge is -2.42. The first-order valence-electron chi connectivity index (χ1n) is 10.4. The van der Waals surface area contributed by atoms with E-state index in [1.807, 2.05) is 30.3 Å². The Kier molecular flexibility index (Phi) is 8.31. The highest BCUT2D eigenvalue weighted by Crippen LogP contribution is 2.30. The number of hydrogen-bond donors (Lipinski definition) is 3. The highest BCUT2D eigenvalue weighted by molar-refractivity contribution is 5.66. The number of alkyl halides is 3. The van der Waals surface area contributed by atoms with E-state index in [4.69, 9.17) is 0 Å². The predicted octanol–water partition coefficient (Wildman–Crippen LogP) is 4.85. The number of carboxylic acid groups (broad SMARTS) is 1. The molecule has 0 fully saturated rings. The van der Waals surface area contributed by atoms with E-state index in [2.05, 4.69) is 5.32 Å². The van der Waals surface area contributed by atoms with Crippen molar-refractivity contribution in [2.75, 3.05) is 6.54 Å². The largest absolute Gasteiger partial charge is 0.465 e. The smallest absolute Gasteiger partial charge is 0.416 e. The summed E-state index contributed by atoms with van der Waals surface area (Å²) in [4.78, 5) is 13.3. The molecule has 32 heavy (non-hydrogen) atoms. The molecule has 0 saturated heterocycles. The zero-order valence-electron chi connectivity index (χ0n) is 18.8. The minimum atomic E-state index is -4.43. The molecule has 0 bridgehead atoms. The highest BCUT2D eigenvalue weighted by Gasteiger charge is 2.37. The number of benzene rings is 2. The third-order valence-electron chi connectivity index (χ3n) is 5.34. The summed E-state index contributed by atoms with van der Waals surface area (Å²) in [5.41, 5.74) is 0.553. The molecule has 0 heterocycles. The van der Waals surface area contributed by atoms with Crippen molar-refractivity contribution in [2.24, 2.45) is 0 Å². The standard InChI is InChI=1S/C24H31F3N2O3/c1-16-10-11-19(24(25,26)27)13-18(16)14-28-15-21(30)20(12-17-8-6-5-7-9-17)29(22(31)32)23(2,3)4/h5-11,13,20-21,28,30H,12,14-15H2,1-4H3,(H,31,32)/t20-,21+/m0/s1. The molecule has 2 atom stereocenters. The molecule has 0 unspecified atom stereocenters. The first-order chi connectivity index (χ1) is 14.8. The van der Waals surface area contributed by atoms with Crippen LogP contribution in [0.2, 0.25) is 0 Å². The van der Waals surface area contributed by atoms with Crippen LogP contribution in [0.25, 0.3) is 0 Å². The second-order valence-corrected chi connectivity index (χ2v) is 8.92. The summed E-state index contributed by atoms with van der Waals surface area (Å²) in [6.45, 7) is 7.12.